The summed E-state index contributed by atoms with van der Waals surface area (Å²) in [4.78, 5) is 17.4. The normalized spacial score (nSPS) is 15.7. The van der Waals surface area contributed by atoms with Gasteiger partial charge in [-0.25, -0.2) is 0 Å². The van der Waals surface area contributed by atoms with Gasteiger partial charge in [0.05, 0.1) is 17.1 Å². The molecule has 1 aliphatic heterocycles. The number of benzene rings is 1. The molecular formula is C16H18ClN3O3. The van der Waals surface area contributed by atoms with E-state index in [1.165, 1.54) is 32.4 Å². The Balaban J connectivity index is 2.00. The SMILES string of the molecule is COc1c([N+](=O)[O-])cc(Cl)c2cc(CN3CCCCC3)cnc12. The third kappa shape index (κ3) is 3.23. The number of piperidine rings is 1. The van der Waals surface area contributed by atoms with Crippen molar-refractivity contribution in [1.29, 1.82) is 0 Å². The van der Waals surface area contributed by atoms with Crippen molar-refractivity contribution in [3.8, 4) is 5.75 Å². The number of rotatable bonds is 4. The van der Waals surface area contributed by atoms with Crippen molar-refractivity contribution in [2.24, 2.45) is 0 Å². The van der Waals surface area contributed by atoms with Crippen LogP contribution in [-0.4, -0.2) is 35.0 Å². The van der Waals surface area contributed by atoms with Crippen LogP contribution in [0.2, 0.25) is 5.02 Å². The van der Waals surface area contributed by atoms with Crippen LogP contribution < -0.4 is 4.74 Å². The highest BCUT2D eigenvalue weighted by atomic mass is 35.5. The summed E-state index contributed by atoms with van der Waals surface area (Å²) in [6.45, 7) is 3.00. The first-order valence-corrected chi connectivity index (χ1v) is 8.00. The van der Waals surface area contributed by atoms with Gasteiger partial charge in [0.1, 0.15) is 5.52 Å². The first-order valence-electron chi connectivity index (χ1n) is 7.62. The van der Waals surface area contributed by atoms with Gasteiger partial charge in [-0.3, -0.25) is 20.0 Å². The molecule has 2 heterocycles. The zero-order valence-corrected chi connectivity index (χ0v) is 13.7. The van der Waals surface area contributed by atoms with Gasteiger partial charge in [0.2, 0.25) is 5.75 Å². The fraction of sp³-hybridized carbons (Fsp3) is 0.438. The maximum atomic E-state index is 11.1. The van der Waals surface area contributed by atoms with Crippen molar-refractivity contribution >= 4 is 28.2 Å². The van der Waals surface area contributed by atoms with Crippen LogP contribution in [-0.2, 0) is 6.54 Å². The summed E-state index contributed by atoms with van der Waals surface area (Å²) in [5.74, 6) is 0.152. The molecule has 1 fully saturated rings. The number of methoxy groups -OCH3 is 1. The Labute approximate surface area is 139 Å². The summed E-state index contributed by atoms with van der Waals surface area (Å²) < 4.78 is 5.19. The Kier molecular flexibility index (Phi) is 4.63. The molecule has 1 saturated heterocycles. The van der Waals surface area contributed by atoms with Crippen molar-refractivity contribution in [2.75, 3.05) is 20.2 Å². The highest BCUT2D eigenvalue weighted by Crippen LogP contribution is 2.38. The lowest BCUT2D eigenvalue weighted by molar-refractivity contribution is -0.385. The number of halogens is 1. The lowest BCUT2D eigenvalue weighted by Gasteiger charge is -2.26. The number of fused-ring (bicyclic) bond motifs is 1. The number of ether oxygens (including phenoxy) is 1. The molecule has 0 amide bonds. The van der Waals surface area contributed by atoms with E-state index < -0.39 is 4.92 Å². The molecule has 1 aromatic carbocycles. The van der Waals surface area contributed by atoms with Gasteiger partial charge in [-0.1, -0.05) is 18.0 Å². The second-order valence-electron chi connectivity index (χ2n) is 5.74. The fourth-order valence-corrected chi connectivity index (χ4v) is 3.30. The van der Waals surface area contributed by atoms with E-state index in [2.05, 4.69) is 9.88 Å². The van der Waals surface area contributed by atoms with Gasteiger partial charge >= 0.3 is 5.69 Å². The summed E-state index contributed by atoms with van der Waals surface area (Å²) in [7, 11) is 1.40. The number of likely N-dealkylation sites (tertiary alicyclic amines) is 1. The fourth-order valence-electron chi connectivity index (χ4n) is 3.05. The van der Waals surface area contributed by atoms with Crippen molar-refractivity contribution in [1.82, 2.24) is 9.88 Å². The van der Waals surface area contributed by atoms with E-state index in [0.29, 0.717) is 15.9 Å². The summed E-state index contributed by atoms with van der Waals surface area (Å²) >= 11 is 6.24. The van der Waals surface area contributed by atoms with Gasteiger partial charge in [0.25, 0.3) is 0 Å². The molecule has 0 saturated carbocycles. The number of hydrogen-bond donors (Lipinski definition) is 0. The first-order chi connectivity index (χ1) is 11.1. The van der Waals surface area contributed by atoms with Gasteiger partial charge in [-0.2, -0.15) is 0 Å². The van der Waals surface area contributed by atoms with Crippen LogP contribution in [0.5, 0.6) is 5.75 Å². The molecule has 0 atom stereocenters. The third-order valence-corrected chi connectivity index (χ3v) is 4.48. The molecule has 122 valence electrons. The summed E-state index contributed by atoms with van der Waals surface area (Å²) in [6, 6.07) is 3.28. The molecular weight excluding hydrogens is 318 g/mol. The van der Waals surface area contributed by atoms with Crippen LogP contribution in [0.4, 0.5) is 5.69 Å². The van der Waals surface area contributed by atoms with Crippen molar-refractivity contribution < 1.29 is 9.66 Å². The molecule has 1 aromatic heterocycles. The monoisotopic (exact) mass is 335 g/mol. The molecule has 3 rings (SSSR count). The number of nitro benzene ring substituents is 1. The van der Waals surface area contributed by atoms with Gasteiger partial charge in [-0.15, -0.1) is 0 Å². The minimum Gasteiger partial charge on any atom is -0.489 e. The number of nitrogens with zero attached hydrogens (tertiary/aromatic N) is 3. The number of aromatic nitrogens is 1. The zero-order chi connectivity index (χ0) is 16.4. The lowest BCUT2D eigenvalue weighted by atomic mass is 10.1. The van der Waals surface area contributed by atoms with E-state index in [4.69, 9.17) is 16.3 Å². The maximum absolute atomic E-state index is 11.1. The second-order valence-corrected chi connectivity index (χ2v) is 6.15. The Morgan fingerprint density at radius 3 is 2.74 bits per heavy atom. The predicted molar refractivity (Wildman–Crippen MR) is 89.1 cm³/mol. The van der Waals surface area contributed by atoms with Gasteiger partial charge in [0, 0.05) is 24.2 Å². The largest absolute Gasteiger partial charge is 0.489 e. The van der Waals surface area contributed by atoms with Gasteiger partial charge in [0.15, 0.2) is 0 Å². The second kappa shape index (κ2) is 6.68. The van der Waals surface area contributed by atoms with Crippen molar-refractivity contribution in [3.63, 3.8) is 0 Å². The molecule has 0 N–H and O–H groups in total. The molecule has 6 nitrogen and oxygen atoms in total. The van der Waals surface area contributed by atoms with Crippen LogP contribution in [0.15, 0.2) is 18.3 Å². The molecule has 0 spiro atoms. The van der Waals surface area contributed by atoms with Crippen LogP contribution >= 0.6 is 11.6 Å². The van der Waals surface area contributed by atoms with E-state index in [1.807, 2.05) is 6.07 Å². The predicted octanol–water partition coefficient (Wildman–Crippen LogP) is 3.79. The highest BCUT2D eigenvalue weighted by Gasteiger charge is 2.22. The van der Waals surface area contributed by atoms with Crippen LogP contribution in [0.3, 0.4) is 0 Å². The maximum Gasteiger partial charge on any atom is 0.314 e. The average molecular weight is 336 g/mol. The minimum atomic E-state index is -0.506. The lowest BCUT2D eigenvalue weighted by Crippen LogP contribution is -2.29. The van der Waals surface area contributed by atoms with Crippen molar-refractivity contribution in [3.05, 3.63) is 39.0 Å². The van der Waals surface area contributed by atoms with Crippen molar-refractivity contribution in [2.45, 2.75) is 25.8 Å². The summed E-state index contributed by atoms with van der Waals surface area (Å²) in [5.41, 5.74) is 1.31. The van der Waals surface area contributed by atoms with Gasteiger partial charge < -0.3 is 4.74 Å². The van der Waals surface area contributed by atoms with E-state index in [-0.39, 0.29) is 11.4 Å². The number of pyridine rings is 1. The third-order valence-electron chi connectivity index (χ3n) is 4.17. The summed E-state index contributed by atoms with van der Waals surface area (Å²) in [5, 5.41) is 12.1. The molecule has 1 aliphatic rings. The Bertz CT molecular complexity index is 745. The molecule has 0 radical (unpaired) electrons. The van der Waals surface area contributed by atoms with E-state index in [1.54, 1.807) is 6.20 Å². The molecule has 0 bridgehead atoms. The molecule has 7 heteroatoms. The Hall–Kier alpha value is -1.92. The number of hydrogen-bond acceptors (Lipinski definition) is 5. The average Bonchev–Trinajstić information content (AvgIpc) is 2.56. The van der Waals surface area contributed by atoms with Crippen LogP contribution in [0, 0.1) is 10.1 Å². The topological polar surface area (TPSA) is 68.5 Å². The van der Waals surface area contributed by atoms with E-state index in [9.17, 15) is 10.1 Å². The number of nitro groups is 1. The highest BCUT2D eigenvalue weighted by molar-refractivity contribution is 6.36. The molecule has 2 aromatic rings. The zero-order valence-electron chi connectivity index (χ0n) is 12.9. The quantitative estimate of drug-likeness (QED) is 0.628. The Morgan fingerprint density at radius 2 is 2.09 bits per heavy atom. The first kappa shape index (κ1) is 16.0. The van der Waals surface area contributed by atoms with Crippen LogP contribution in [0.25, 0.3) is 10.9 Å². The van der Waals surface area contributed by atoms with E-state index in [0.717, 1.165) is 25.2 Å². The minimum absolute atomic E-state index is 0.152. The molecule has 0 unspecified atom stereocenters. The Morgan fingerprint density at radius 1 is 1.35 bits per heavy atom. The standard InChI is InChI=1S/C16H18ClN3O3/c1-23-16-14(20(21)22)8-13(17)12-7-11(9-18-15(12)16)10-19-5-3-2-4-6-19/h7-9H,2-6,10H2,1H3. The molecule has 23 heavy (non-hydrogen) atoms. The van der Waals surface area contributed by atoms with Crippen LogP contribution in [0.1, 0.15) is 24.8 Å². The van der Waals surface area contributed by atoms with E-state index >= 15 is 0 Å². The molecule has 0 aliphatic carbocycles. The van der Waals surface area contributed by atoms with Gasteiger partial charge in [-0.05, 0) is 37.6 Å². The summed E-state index contributed by atoms with van der Waals surface area (Å²) in [6.07, 6.45) is 5.49. The smallest absolute Gasteiger partial charge is 0.314 e.